The SMILES string of the molecule is Cc1cccc2c1OP(=O)(OCC(CO)CCn1cc(C)c(=O)[nH]c1=O)OC2. The van der Waals surface area contributed by atoms with E-state index in [9.17, 15) is 19.3 Å². The third-order valence-corrected chi connectivity index (χ3v) is 5.89. The van der Waals surface area contributed by atoms with Crippen LogP contribution in [-0.2, 0) is 26.8 Å². The fraction of sp³-hybridized carbons (Fsp3) is 0.444. The Kier molecular flexibility index (Phi) is 6.20. The first kappa shape index (κ1) is 20.5. The van der Waals surface area contributed by atoms with Gasteiger partial charge in [-0.25, -0.2) is 9.36 Å². The summed E-state index contributed by atoms with van der Waals surface area (Å²) >= 11 is 0. The summed E-state index contributed by atoms with van der Waals surface area (Å²) in [6.07, 6.45) is 1.84. The molecule has 0 fully saturated rings. The summed E-state index contributed by atoms with van der Waals surface area (Å²) in [5.74, 6) is 0.100. The maximum atomic E-state index is 12.7. The maximum Gasteiger partial charge on any atom is 0.530 e. The zero-order valence-corrected chi connectivity index (χ0v) is 16.6. The Hall–Kier alpha value is -2.19. The Morgan fingerprint density at radius 2 is 2.11 bits per heavy atom. The Morgan fingerprint density at radius 1 is 1.32 bits per heavy atom. The van der Waals surface area contributed by atoms with Crippen molar-refractivity contribution in [3.05, 3.63) is 61.9 Å². The Labute approximate surface area is 161 Å². The van der Waals surface area contributed by atoms with Gasteiger partial charge in [0, 0.05) is 36.4 Å². The second kappa shape index (κ2) is 8.45. The number of fused-ring (bicyclic) bond motifs is 1. The van der Waals surface area contributed by atoms with Gasteiger partial charge < -0.3 is 14.2 Å². The van der Waals surface area contributed by atoms with Gasteiger partial charge in [-0.05, 0) is 25.8 Å². The van der Waals surface area contributed by atoms with E-state index in [-0.39, 0.29) is 26.4 Å². The zero-order chi connectivity index (χ0) is 20.3. The molecule has 2 heterocycles. The predicted octanol–water partition coefficient (Wildman–Crippen LogP) is 1.89. The van der Waals surface area contributed by atoms with Gasteiger partial charge in [0.1, 0.15) is 5.75 Å². The minimum Gasteiger partial charge on any atom is -0.403 e. The second-order valence-corrected chi connectivity index (χ2v) is 8.37. The van der Waals surface area contributed by atoms with Crippen molar-refractivity contribution in [2.24, 2.45) is 5.92 Å². The van der Waals surface area contributed by atoms with Crippen molar-refractivity contribution in [3.63, 3.8) is 0 Å². The molecule has 10 heteroatoms. The first-order chi connectivity index (χ1) is 13.3. The van der Waals surface area contributed by atoms with Crippen LogP contribution in [0, 0.1) is 19.8 Å². The van der Waals surface area contributed by atoms with Gasteiger partial charge in [-0.3, -0.25) is 18.8 Å². The van der Waals surface area contributed by atoms with Crippen molar-refractivity contribution < 1.29 is 23.2 Å². The molecular formula is C18H23N2O7P. The minimum atomic E-state index is -3.79. The van der Waals surface area contributed by atoms with Crippen molar-refractivity contribution in [2.75, 3.05) is 13.2 Å². The lowest BCUT2D eigenvalue weighted by molar-refractivity contribution is 0.0956. The van der Waals surface area contributed by atoms with Crippen LogP contribution in [0.4, 0.5) is 0 Å². The number of H-pyrrole nitrogens is 1. The molecule has 2 aromatic rings. The molecule has 1 aliphatic heterocycles. The second-order valence-electron chi connectivity index (χ2n) is 6.77. The summed E-state index contributed by atoms with van der Waals surface area (Å²) in [4.78, 5) is 25.5. The molecule has 2 unspecified atom stereocenters. The Bertz CT molecular complexity index is 1010. The molecule has 0 radical (unpaired) electrons. The monoisotopic (exact) mass is 410 g/mol. The summed E-state index contributed by atoms with van der Waals surface area (Å²) in [5.41, 5.74) is 1.09. The first-order valence-corrected chi connectivity index (χ1v) is 10.4. The average Bonchev–Trinajstić information content (AvgIpc) is 2.66. The minimum absolute atomic E-state index is 0.0634. The van der Waals surface area contributed by atoms with Gasteiger partial charge in [0.15, 0.2) is 0 Å². The quantitative estimate of drug-likeness (QED) is 0.669. The van der Waals surface area contributed by atoms with Crippen LogP contribution in [0.2, 0.25) is 0 Å². The highest BCUT2D eigenvalue weighted by Crippen LogP contribution is 2.55. The summed E-state index contributed by atoms with van der Waals surface area (Å²) in [6, 6.07) is 5.53. The molecule has 0 spiro atoms. The van der Waals surface area contributed by atoms with Crippen LogP contribution >= 0.6 is 7.82 Å². The van der Waals surface area contributed by atoms with E-state index in [1.807, 2.05) is 25.1 Å². The van der Waals surface area contributed by atoms with Crippen molar-refractivity contribution in [1.82, 2.24) is 9.55 Å². The van der Waals surface area contributed by atoms with Crippen LogP contribution in [0.1, 0.15) is 23.1 Å². The van der Waals surface area contributed by atoms with Gasteiger partial charge in [0.2, 0.25) is 0 Å². The van der Waals surface area contributed by atoms with Gasteiger partial charge >= 0.3 is 13.5 Å². The number of rotatable bonds is 7. The smallest absolute Gasteiger partial charge is 0.403 e. The normalized spacial score (nSPS) is 19.7. The number of aliphatic hydroxyl groups excluding tert-OH is 1. The number of hydrogen-bond acceptors (Lipinski definition) is 7. The van der Waals surface area contributed by atoms with E-state index in [1.54, 1.807) is 6.92 Å². The standard InChI is InChI=1S/C18H23N2O7P/c1-12-4-3-5-15-11-26-28(24,27-16(12)15)25-10-14(9-21)6-7-20-8-13(2)17(22)19-18(20)23/h3-5,8,14,21H,6-7,9-11H2,1-2H3,(H,19,22,23). The number of aliphatic hydroxyl groups is 1. The lowest BCUT2D eigenvalue weighted by atomic mass is 10.1. The summed E-state index contributed by atoms with van der Waals surface area (Å²) < 4.78 is 30.3. The van der Waals surface area contributed by atoms with Gasteiger partial charge in [0.25, 0.3) is 5.56 Å². The van der Waals surface area contributed by atoms with E-state index in [0.29, 0.717) is 17.7 Å². The molecule has 0 saturated heterocycles. The molecule has 0 aliphatic carbocycles. The number of nitrogens with one attached hydrogen (secondary N) is 1. The maximum absolute atomic E-state index is 12.7. The summed E-state index contributed by atoms with van der Waals surface area (Å²) in [5, 5.41) is 9.59. The molecular weight excluding hydrogens is 387 g/mol. The van der Waals surface area contributed by atoms with Crippen molar-refractivity contribution >= 4 is 7.82 Å². The molecule has 0 amide bonds. The van der Waals surface area contributed by atoms with Gasteiger partial charge in [-0.15, -0.1) is 0 Å². The largest absolute Gasteiger partial charge is 0.530 e. The number of nitrogens with zero attached hydrogens (tertiary/aromatic N) is 1. The number of hydrogen-bond donors (Lipinski definition) is 2. The molecule has 1 aliphatic rings. The van der Waals surface area contributed by atoms with Crippen LogP contribution in [0.25, 0.3) is 0 Å². The third kappa shape index (κ3) is 4.62. The van der Waals surface area contributed by atoms with E-state index >= 15 is 0 Å². The van der Waals surface area contributed by atoms with Gasteiger partial charge in [-0.1, -0.05) is 18.2 Å². The molecule has 1 aromatic heterocycles. The third-order valence-electron chi connectivity index (χ3n) is 4.57. The highest BCUT2D eigenvalue weighted by atomic mass is 31.2. The van der Waals surface area contributed by atoms with Crippen LogP contribution < -0.4 is 15.8 Å². The lowest BCUT2D eigenvalue weighted by Crippen LogP contribution is -2.31. The molecule has 0 bridgehead atoms. The highest BCUT2D eigenvalue weighted by molar-refractivity contribution is 7.49. The van der Waals surface area contributed by atoms with Crippen molar-refractivity contribution in [1.29, 1.82) is 0 Å². The summed E-state index contributed by atoms with van der Waals surface area (Å²) in [7, 11) is -3.79. The van der Waals surface area contributed by atoms with Crippen molar-refractivity contribution in [3.8, 4) is 5.75 Å². The molecule has 152 valence electrons. The number of aromatic nitrogens is 2. The number of para-hydroxylation sites is 1. The van der Waals surface area contributed by atoms with Gasteiger partial charge in [0.05, 0.1) is 13.2 Å². The number of aromatic amines is 1. The van der Waals surface area contributed by atoms with E-state index < -0.39 is 25.0 Å². The zero-order valence-electron chi connectivity index (χ0n) is 15.7. The van der Waals surface area contributed by atoms with Crippen LogP contribution in [0.3, 0.4) is 0 Å². The molecule has 2 atom stereocenters. The number of benzene rings is 1. The number of phosphoric ester groups is 1. The number of phosphoric acid groups is 1. The lowest BCUT2D eigenvalue weighted by Gasteiger charge is -2.27. The average molecular weight is 410 g/mol. The van der Waals surface area contributed by atoms with E-state index in [0.717, 1.165) is 11.1 Å². The van der Waals surface area contributed by atoms with E-state index in [2.05, 4.69) is 4.98 Å². The molecule has 3 rings (SSSR count). The predicted molar refractivity (Wildman–Crippen MR) is 101 cm³/mol. The molecule has 0 saturated carbocycles. The van der Waals surface area contributed by atoms with Crippen LogP contribution in [0.5, 0.6) is 5.75 Å². The Morgan fingerprint density at radius 3 is 2.86 bits per heavy atom. The summed E-state index contributed by atoms with van der Waals surface area (Å²) in [6.45, 7) is 3.53. The fourth-order valence-electron chi connectivity index (χ4n) is 2.84. The number of aryl methyl sites for hydroxylation is 3. The molecule has 2 N–H and O–H groups in total. The molecule has 9 nitrogen and oxygen atoms in total. The van der Waals surface area contributed by atoms with Crippen LogP contribution in [-0.4, -0.2) is 27.9 Å². The van der Waals surface area contributed by atoms with E-state index in [4.69, 9.17) is 13.6 Å². The Balaban J connectivity index is 1.61. The first-order valence-electron chi connectivity index (χ1n) is 8.90. The topological polar surface area (TPSA) is 120 Å². The van der Waals surface area contributed by atoms with Crippen molar-refractivity contribution in [2.45, 2.75) is 33.4 Å². The van der Waals surface area contributed by atoms with E-state index in [1.165, 1.54) is 10.8 Å². The van der Waals surface area contributed by atoms with Crippen LogP contribution in [0.15, 0.2) is 34.0 Å². The van der Waals surface area contributed by atoms with Gasteiger partial charge in [-0.2, -0.15) is 0 Å². The highest BCUT2D eigenvalue weighted by Gasteiger charge is 2.35. The fourth-order valence-corrected chi connectivity index (χ4v) is 4.19. The molecule has 1 aromatic carbocycles. The molecule has 28 heavy (non-hydrogen) atoms.